The summed E-state index contributed by atoms with van der Waals surface area (Å²) in [6.45, 7) is 6.90. The molecule has 1 unspecified atom stereocenters. The summed E-state index contributed by atoms with van der Waals surface area (Å²) in [5.41, 5.74) is 1.72. The van der Waals surface area contributed by atoms with Crippen LogP contribution in [0.25, 0.3) is 0 Å². The normalized spacial score (nSPS) is 11.7. The molecule has 2 N–H and O–H groups in total. The van der Waals surface area contributed by atoms with Crippen LogP contribution in [0.15, 0.2) is 42.5 Å². The molecule has 1 amide bonds. The highest BCUT2D eigenvalue weighted by Crippen LogP contribution is 2.30. The second-order valence-electron chi connectivity index (χ2n) is 5.99. The number of carbonyl (C=O) groups is 1. The van der Waals surface area contributed by atoms with Crippen LogP contribution in [0.4, 0.5) is 0 Å². The van der Waals surface area contributed by atoms with Crippen LogP contribution in [-0.2, 0) is 11.2 Å². The molecule has 0 aliphatic carbocycles. The van der Waals surface area contributed by atoms with Gasteiger partial charge in [0.2, 0.25) is 5.91 Å². The maximum absolute atomic E-state index is 12.2. The van der Waals surface area contributed by atoms with E-state index in [2.05, 4.69) is 5.32 Å². The Balaban J connectivity index is 1.97. The summed E-state index contributed by atoms with van der Waals surface area (Å²) >= 11 is 0. The molecule has 2 aromatic rings. The monoisotopic (exact) mass is 357 g/mol. The molecule has 5 nitrogen and oxygen atoms in total. The van der Waals surface area contributed by atoms with Crippen LogP contribution < -0.4 is 14.8 Å². The fourth-order valence-corrected chi connectivity index (χ4v) is 2.70. The number of hydrogen-bond donors (Lipinski definition) is 2. The van der Waals surface area contributed by atoms with E-state index < -0.39 is 0 Å². The van der Waals surface area contributed by atoms with Gasteiger partial charge in [-0.25, -0.2) is 0 Å². The first-order chi connectivity index (χ1) is 12.5. The first-order valence-corrected chi connectivity index (χ1v) is 9.00. The lowest BCUT2D eigenvalue weighted by Gasteiger charge is -2.17. The second-order valence-corrected chi connectivity index (χ2v) is 5.99. The summed E-state index contributed by atoms with van der Waals surface area (Å²) in [5.74, 6) is 1.55. The summed E-state index contributed by atoms with van der Waals surface area (Å²) < 4.78 is 11.2. The number of hydrogen-bond acceptors (Lipinski definition) is 4. The van der Waals surface area contributed by atoms with Crippen LogP contribution in [0.5, 0.6) is 17.2 Å². The number of ether oxygens (including phenoxy) is 2. The Morgan fingerprint density at radius 1 is 1.08 bits per heavy atom. The molecule has 0 fully saturated rings. The van der Waals surface area contributed by atoms with Crippen LogP contribution in [0.2, 0.25) is 0 Å². The van der Waals surface area contributed by atoms with Gasteiger partial charge in [0.05, 0.1) is 19.3 Å². The van der Waals surface area contributed by atoms with E-state index >= 15 is 0 Å². The van der Waals surface area contributed by atoms with Crippen LogP contribution in [0.3, 0.4) is 0 Å². The number of nitrogens with one attached hydrogen (secondary N) is 1. The van der Waals surface area contributed by atoms with Crippen molar-refractivity contribution in [3.63, 3.8) is 0 Å². The number of benzene rings is 2. The summed E-state index contributed by atoms with van der Waals surface area (Å²) in [7, 11) is 0. The topological polar surface area (TPSA) is 67.8 Å². The summed E-state index contributed by atoms with van der Waals surface area (Å²) in [4.78, 5) is 12.2. The van der Waals surface area contributed by atoms with Gasteiger partial charge >= 0.3 is 0 Å². The number of phenols is 1. The first kappa shape index (κ1) is 19.6. The van der Waals surface area contributed by atoms with Gasteiger partial charge in [-0.2, -0.15) is 0 Å². The van der Waals surface area contributed by atoms with E-state index in [0.717, 1.165) is 11.1 Å². The Morgan fingerprint density at radius 3 is 2.46 bits per heavy atom. The number of phenolic OH excluding ortho intramolecular Hbond substituents is 1. The molecular weight excluding hydrogens is 330 g/mol. The second kappa shape index (κ2) is 9.70. The number of rotatable bonds is 9. The SMILES string of the molecule is CCOc1ccc(C(C)NC(=O)CCc2ccccc2O)cc1OCC. The summed E-state index contributed by atoms with van der Waals surface area (Å²) in [5, 5.41) is 12.8. The largest absolute Gasteiger partial charge is 0.508 e. The van der Waals surface area contributed by atoms with Crippen molar-refractivity contribution in [1.82, 2.24) is 5.32 Å². The Kier molecular flexibility index (Phi) is 7.33. The van der Waals surface area contributed by atoms with Crippen molar-refractivity contribution < 1.29 is 19.4 Å². The van der Waals surface area contributed by atoms with E-state index in [1.165, 1.54) is 0 Å². The lowest BCUT2D eigenvalue weighted by Crippen LogP contribution is -2.26. The van der Waals surface area contributed by atoms with E-state index in [-0.39, 0.29) is 17.7 Å². The van der Waals surface area contributed by atoms with Crippen LogP contribution in [0, 0.1) is 0 Å². The fraction of sp³-hybridized carbons (Fsp3) is 0.381. The molecule has 0 aromatic heterocycles. The van der Waals surface area contributed by atoms with E-state index in [1.807, 2.05) is 51.1 Å². The molecule has 5 heteroatoms. The smallest absolute Gasteiger partial charge is 0.220 e. The molecular formula is C21H27NO4. The van der Waals surface area contributed by atoms with E-state index in [1.54, 1.807) is 12.1 Å². The van der Waals surface area contributed by atoms with Gasteiger partial charge in [-0.3, -0.25) is 4.79 Å². The molecule has 0 radical (unpaired) electrons. The number of aryl methyl sites for hydroxylation is 1. The molecule has 0 saturated carbocycles. The molecule has 1 atom stereocenters. The Hall–Kier alpha value is -2.69. The average Bonchev–Trinajstić information content (AvgIpc) is 2.63. The number of aromatic hydroxyl groups is 1. The molecule has 0 aliphatic heterocycles. The van der Waals surface area contributed by atoms with Crippen LogP contribution in [-0.4, -0.2) is 24.2 Å². The lowest BCUT2D eigenvalue weighted by molar-refractivity contribution is -0.121. The molecule has 2 aromatic carbocycles. The average molecular weight is 357 g/mol. The third-order valence-electron chi connectivity index (χ3n) is 4.06. The molecule has 2 rings (SSSR count). The van der Waals surface area contributed by atoms with Crippen molar-refractivity contribution in [2.24, 2.45) is 0 Å². The van der Waals surface area contributed by atoms with Gasteiger partial charge in [-0.15, -0.1) is 0 Å². The number of para-hydroxylation sites is 1. The van der Waals surface area contributed by atoms with Crippen molar-refractivity contribution in [2.45, 2.75) is 39.7 Å². The van der Waals surface area contributed by atoms with Crippen LogP contribution >= 0.6 is 0 Å². The van der Waals surface area contributed by atoms with Crippen molar-refractivity contribution in [3.05, 3.63) is 53.6 Å². The minimum absolute atomic E-state index is 0.0624. The predicted molar refractivity (Wildman–Crippen MR) is 102 cm³/mol. The maximum atomic E-state index is 12.2. The molecule has 140 valence electrons. The van der Waals surface area contributed by atoms with Crippen molar-refractivity contribution >= 4 is 5.91 Å². The fourth-order valence-electron chi connectivity index (χ4n) is 2.70. The third-order valence-corrected chi connectivity index (χ3v) is 4.06. The van der Waals surface area contributed by atoms with Gasteiger partial charge in [0, 0.05) is 6.42 Å². The van der Waals surface area contributed by atoms with Gasteiger partial charge < -0.3 is 19.9 Å². The van der Waals surface area contributed by atoms with Gasteiger partial charge in [-0.1, -0.05) is 24.3 Å². The van der Waals surface area contributed by atoms with E-state index in [0.29, 0.717) is 37.6 Å². The van der Waals surface area contributed by atoms with Crippen LogP contribution in [0.1, 0.15) is 44.4 Å². The van der Waals surface area contributed by atoms with E-state index in [9.17, 15) is 9.90 Å². The van der Waals surface area contributed by atoms with Crippen molar-refractivity contribution in [1.29, 1.82) is 0 Å². The van der Waals surface area contributed by atoms with Gasteiger partial charge in [0.1, 0.15) is 5.75 Å². The zero-order chi connectivity index (χ0) is 18.9. The summed E-state index contributed by atoms with van der Waals surface area (Å²) in [6.07, 6.45) is 0.815. The molecule has 0 spiro atoms. The minimum atomic E-state index is -0.151. The molecule has 0 bridgehead atoms. The van der Waals surface area contributed by atoms with Gasteiger partial charge in [-0.05, 0) is 56.5 Å². The minimum Gasteiger partial charge on any atom is -0.508 e. The molecule has 26 heavy (non-hydrogen) atoms. The lowest BCUT2D eigenvalue weighted by atomic mass is 10.1. The Morgan fingerprint density at radius 2 is 1.77 bits per heavy atom. The molecule has 0 aliphatic rings. The van der Waals surface area contributed by atoms with E-state index in [4.69, 9.17) is 9.47 Å². The highest BCUT2D eigenvalue weighted by atomic mass is 16.5. The maximum Gasteiger partial charge on any atom is 0.220 e. The zero-order valence-electron chi connectivity index (χ0n) is 15.6. The predicted octanol–water partition coefficient (Wildman–Crippen LogP) is 4.00. The van der Waals surface area contributed by atoms with Gasteiger partial charge in [0.25, 0.3) is 0 Å². The quantitative estimate of drug-likeness (QED) is 0.712. The van der Waals surface area contributed by atoms with Gasteiger partial charge in [0.15, 0.2) is 11.5 Å². The first-order valence-electron chi connectivity index (χ1n) is 9.00. The highest BCUT2D eigenvalue weighted by Gasteiger charge is 2.14. The number of amides is 1. The standard InChI is InChI=1S/C21H27NO4/c1-4-25-19-12-10-17(14-20(19)26-5-2)15(3)22-21(24)13-11-16-8-6-7-9-18(16)23/h6-10,12,14-15,23H,4-5,11,13H2,1-3H3,(H,22,24). The third kappa shape index (κ3) is 5.41. The highest BCUT2D eigenvalue weighted by molar-refractivity contribution is 5.76. The molecule has 0 heterocycles. The Labute approximate surface area is 155 Å². The molecule has 0 saturated heterocycles. The number of carbonyl (C=O) groups excluding carboxylic acids is 1. The zero-order valence-corrected chi connectivity index (χ0v) is 15.6. The Bertz CT molecular complexity index is 730. The van der Waals surface area contributed by atoms with Crippen molar-refractivity contribution in [3.8, 4) is 17.2 Å². The van der Waals surface area contributed by atoms with Crippen molar-refractivity contribution in [2.75, 3.05) is 13.2 Å². The summed E-state index contributed by atoms with van der Waals surface area (Å²) in [6, 6.07) is 12.6.